The summed E-state index contributed by atoms with van der Waals surface area (Å²) in [6.45, 7) is 1.04. The molecule has 2 saturated carbocycles. The van der Waals surface area contributed by atoms with Crippen molar-refractivity contribution in [3.05, 3.63) is 0 Å². The van der Waals surface area contributed by atoms with Crippen molar-refractivity contribution < 1.29 is 4.74 Å². The van der Waals surface area contributed by atoms with Crippen LogP contribution in [-0.2, 0) is 4.74 Å². The summed E-state index contributed by atoms with van der Waals surface area (Å²) >= 11 is 0. The molecule has 2 rings (SSSR count). The average Bonchev–Trinajstić information content (AvgIpc) is 2.16. The summed E-state index contributed by atoms with van der Waals surface area (Å²) in [5.41, 5.74) is 0. The molecule has 2 heteroatoms. The van der Waals surface area contributed by atoms with Crippen LogP contribution >= 0.6 is 0 Å². The van der Waals surface area contributed by atoms with Crippen LogP contribution in [0.2, 0.25) is 0 Å². The zero-order valence-corrected chi connectivity index (χ0v) is 9.30. The van der Waals surface area contributed by atoms with Crippen LogP contribution in [0, 0.1) is 5.92 Å². The minimum atomic E-state index is 0.570. The predicted octanol–water partition coefficient (Wildman–Crippen LogP) is 2.33. The zero-order valence-electron chi connectivity index (χ0n) is 9.30. The summed E-state index contributed by atoms with van der Waals surface area (Å²) in [5.74, 6) is 0.900. The maximum Gasteiger partial charge on any atom is 0.0576 e. The number of rotatable bonds is 4. The molecule has 0 amide bonds. The van der Waals surface area contributed by atoms with E-state index in [1.165, 1.54) is 44.9 Å². The van der Waals surface area contributed by atoms with E-state index in [0.717, 1.165) is 18.6 Å². The first-order chi connectivity index (χ1) is 6.88. The van der Waals surface area contributed by atoms with E-state index >= 15 is 0 Å². The largest absolute Gasteiger partial charge is 0.378 e. The van der Waals surface area contributed by atoms with E-state index in [4.69, 9.17) is 4.74 Å². The van der Waals surface area contributed by atoms with Gasteiger partial charge in [-0.05, 0) is 51.5 Å². The van der Waals surface area contributed by atoms with Crippen molar-refractivity contribution in [2.24, 2.45) is 5.92 Å². The van der Waals surface area contributed by atoms with Crippen LogP contribution in [0.4, 0.5) is 0 Å². The Hall–Kier alpha value is -0.0800. The van der Waals surface area contributed by atoms with E-state index in [9.17, 15) is 0 Å². The molecule has 1 N–H and O–H groups in total. The summed E-state index contributed by atoms with van der Waals surface area (Å²) in [6.07, 6.45) is 9.94. The molecule has 14 heavy (non-hydrogen) atoms. The van der Waals surface area contributed by atoms with E-state index in [1.807, 2.05) is 0 Å². The molecule has 2 nitrogen and oxygen atoms in total. The molecule has 0 spiro atoms. The monoisotopic (exact) mass is 197 g/mol. The lowest BCUT2D eigenvalue weighted by atomic mass is 9.86. The van der Waals surface area contributed by atoms with Gasteiger partial charge in [0.1, 0.15) is 0 Å². The maximum atomic E-state index is 5.95. The summed E-state index contributed by atoms with van der Waals surface area (Å²) in [5, 5.41) is 3.36. The molecule has 0 atom stereocenters. The summed E-state index contributed by atoms with van der Waals surface area (Å²) in [4.78, 5) is 0. The van der Waals surface area contributed by atoms with Crippen LogP contribution < -0.4 is 5.32 Å². The highest BCUT2D eigenvalue weighted by atomic mass is 16.5. The SMILES string of the molecule is CNC1CCC(OCC2CCC2)CC1. The molecule has 0 aromatic carbocycles. The van der Waals surface area contributed by atoms with Crippen molar-refractivity contribution in [1.82, 2.24) is 5.32 Å². The molecule has 0 unspecified atom stereocenters. The Morgan fingerprint density at radius 1 is 1.07 bits per heavy atom. The van der Waals surface area contributed by atoms with E-state index in [-0.39, 0.29) is 0 Å². The van der Waals surface area contributed by atoms with Gasteiger partial charge in [-0.3, -0.25) is 0 Å². The second-order valence-electron chi connectivity index (χ2n) is 4.89. The van der Waals surface area contributed by atoms with Gasteiger partial charge in [-0.1, -0.05) is 6.42 Å². The average molecular weight is 197 g/mol. The third-order valence-corrected chi connectivity index (χ3v) is 3.87. The van der Waals surface area contributed by atoms with Crippen molar-refractivity contribution in [3.8, 4) is 0 Å². The summed E-state index contributed by atoms with van der Waals surface area (Å²) in [7, 11) is 2.07. The number of hydrogen-bond donors (Lipinski definition) is 1. The Balaban J connectivity index is 1.58. The van der Waals surface area contributed by atoms with Gasteiger partial charge in [0, 0.05) is 12.6 Å². The van der Waals surface area contributed by atoms with E-state index in [1.54, 1.807) is 0 Å². The summed E-state index contributed by atoms with van der Waals surface area (Å²) < 4.78 is 5.95. The van der Waals surface area contributed by atoms with Gasteiger partial charge in [-0.15, -0.1) is 0 Å². The number of ether oxygens (including phenoxy) is 1. The van der Waals surface area contributed by atoms with Crippen molar-refractivity contribution in [1.29, 1.82) is 0 Å². The topological polar surface area (TPSA) is 21.3 Å². The fraction of sp³-hybridized carbons (Fsp3) is 1.00. The molecule has 0 heterocycles. The Bertz CT molecular complexity index is 160. The van der Waals surface area contributed by atoms with Crippen LogP contribution in [0.1, 0.15) is 44.9 Å². The van der Waals surface area contributed by atoms with Gasteiger partial charge in [0.05, 0.1) is 6.10 Å². The lowest BCUT2D eigenvalue weighted by Crippen LogP contribution is -2.34. The minimum Gasteiger partial charge on any atom is -0.378 e. The standard InChI is InChI=1S/C12H23NO/c1-13-11-5-7-12(8-6-11)14-9-10-3-2-4-10/h10-13H,2-9H2,1H3. The molecule has 2 aliphatic carbocycles. The molecule has 82 valence electrons. The normalized spacial score (nSPS) is 34.1. The molecule has 2 fully saturated rings. The molecule has 0 saturated heterocycles. The smallest absolute Gasteiger partial charge is 0.0576 e. The van der Waals surface area contributed by atoms with Crippen molar-refractivity contribution in [2.75, 3.05) is 13.7 Å². The highest BCUT2D eigenvalue weighted by Gasteiger charge is 2.23. The first-order valence-corrected chi connectivity index (χ1v) is 6.17. The number of nitrogens with one attached hydrogen (secondary N) is 1. The Kier molecular flexibility index (Phi) is 3.82. The molecule has 2 aliphatic rings. The van der Waals surface area contributed by atoms with Crippen LogP contribution in [-0.4, -0.2) is 25.8 Å². The van der Waals surface area contributed by atoms with E-state index in [0.29, 0.717) is 6.10 Å². The molecular formula is C12H23NO. The van der Waals surface area contributed by atoms with Gasteiger partial charge in [0.2, 0.25) is 0 Å². The second kappa shape index (κ2) is 5.13. The molecule has 0 aromatic rings. The van der Waals surface area contributed by atoms with Crippen LogP contribution in [0.5, 0.6) is 0 Å². The maximum absolute atomic E-state index is 5.95. The van der Waals surface area contributed by atoms with Gasteiger partial charge in [0.25, 0.3) is 0 Å². The third kappa shape index (κ3) is 2.71. The lowest BCUT2D eigenvalue weighted by molar-refractivity contribution is -0.0110. The minimum absolute atomic E-state index is 0.570. The Morgan fingerprint density at radius 3 is 2.29 bits per heavy atom. The van der Waals surface area contributed by atoms with Crippen LogP contribution in [0.3, 0.4) is 0 Å². The van der Waals surface area contributed by atoms with Crippen molar-refractivity contribution >= 4 is 0 Å². The zero-order chi connectivity index (χ0) is 9.80. The third-order valence-electron chi connectivity index (χ3n) is 3.87. The molecule has 0 bridgehead atoms. The van der Waals surface area contributed by atoms with Gasteiger partial charge in [0.15, 0.2) is 0 Å². The van der Waals surface area contributed by atoms with E-state index < -0.39 is 0 Å². The lowest BCUT2D eigenvalue weighted by Gasteiger charge is -2.31. The number of hydrogen-bond acceptors (Lipinski definition) is 2. The van der Waals surface area contributed by atoms with Crippen molar-refractivity contribution in [3.63, 3.8) is 0 Å². The van der Waals surface area contributed by atoms with E-state index in [2.05, 4.69) is 12.4 Å². The predicted molar refractivity (Wildman–Crippen MR) is 58.4 cm³/mol. The van der Waals surface area contributed by atoms with Gasteiger partial charge in [-0.2, -0.15) is 0 Å². The van der Waals surface area contributed by atoms with Gasteiger partial charge in [-0.25, -0.2) is 0 Å². The van der Waals surface area contributed by atoms with Gasteiger partial charge >= 0.3 is 0 Å². The highest BCUT2D eigenvalue weighted by molar-refractivity contribution is 4.77. The second-order valence-corrected chi connectivity index (χ2v) is 4.89. The summed E-state index contributed by atoms with van der Waals surface area (Å²) in [6, 6.07) is 0.749. The molecule has 0 aliphatic heterocycles. The highest BCUT2D eigenvalue weighted by Crippen LogP contribution is 2.28. The Morgan fingerprint density at radius 2 is 1.79 bits per heavy atom. The molecule has 0 aromatic heterocycles. The first kappa shape index (κ1) is 10.4. The molecule has 0 radical (unpaired) electrons. The van der Waals surface area contributed by atoms with Gasteiger partial charge < -0.3 is 10.1 Å². The van der Waals surface area contributed by atoms with Crippen LogP contribution in [0.15, 0.2) is 0 Å². The van der Waals surface area contributed by atoms with Crippen LogP contribution in [0.25, 0.3) is 0 Å². The Labute approximate surface area is 87.4 Å². The first-order valence-electron chi connectivity index (χ1n) is 6.17. The van der Waals surface area contributed by atoms with Crippen molar-refractivity contribution in [2.45, 2.75) is 57.1 Å². The fourth-order valence-corrected chi connectivity index (χ4v) is 2.45. The molecular weight excluding hydrogens is 174 g/mol. The fourth-order valence-electron chi connectivity index (χ4n) is 2.45. The quantitative estimate of drug-likeness (QED) is 0.747.